The molecule has 1 aromatic carbocycles. The lowest BCUT2D eigenvalue weighted by Crippen LogP contribution is -2.40. The van der Waals surface area contributed by atoms with Gasteiger partial charge in [-0.15, -0.1) is 0 Å². The Morgan fingerprint density at radius 1 is 1.14 bits per heavy atom. The van der Waals surface area contributed by atoms with Gasteiger partial charge in [0.25, 0.3) is 0 Å². The van der Waals surface area contributed by atoms with Gasteiger partial charge in [-0.3, -0.25) is 9.59 Å². The van der Waals surface area contributed by atoms with Crippen molar-refractivity contribution < 1.29 is 14.7 Å². The van der Waals surface area contributed by atoms with Crippen molar-refractivity contribution in [3.05, 3.63) is 35.9 Å². The van der Waals surface area contributed by atoms with Crippen molar-refractivity contribution in [3.63, 3.8) is 0 Å². The predicted octanol–water partition coefficient (Wildman–Crippen LogP) is 2.89. The fourth-order valence-electron chi connectivity index (χ4n) is 4.01. The molecule has 1 amide bonds. The van der Waals surface area contributed by atoms with Crippen LogP contribution in [0, 0.1) is 11.3 Å². The van der Waals surface area contributed by atoms with Gasteiger partial charge in [0.05, 0.1) is 5.92 Å². The van der Waals surface area contributed by atoms with Gasteiger partial charge in [0, 0.05) is 24.4 Å². The second kappa shape index (κ2) is 5.75. The summed E-state index contributed by atoms with van der Waals surface area (Å²) in [6.45, 7) is 2.90. The largest absolute Gasteiger partial charge is 0.481 e. The highest BCUT2D eigenvalue weighted by atomic mass is 16.4. The Hall–Kier alpha value is -1.84. The van der Waals surface area contributed by atoms with E-state index in [0.29, 0.717) is 13.1 Å². The van der Waals surface area contributed by atoms with Gasteiger partial charge < -0.3 is 10.0 Å². The van der Waals surface area contributed by atoms with Gasteiger partial charge in [-0.1, -0.05) is 50.1 Å². The summed E-state index contributed by atoms with van der Waals surface area (Å²) < 4.78 is 0. The van der Waals surface area contributed by atoms with Gasteiger partial charge in [0.1, 0.15) is 0 Å². The number of aliphatic carboxylic acids is 1. The first-order valence-corrected chi connectivity index (χ1v) is 8.08. The van der Waals surface area contributed by atoms with Crippen LogP contribution < -0.4 is 0 Å². The summed E-state index contributed by atoms with van der Waals surface area (Å²) in [4.78, 5) is 26.3. The maximum absolute atomic E-state index is 12.8. The SMILES string of the molecule is CC1(C(=O)N2C[C@H](C(=O)O)[C@H](c3ccccc3)C2)CCCC1. The molecule has 118 valence electrons. The van der Waals surface area contributed by atoms with Gasteiger partial charge >= 0.3 is 5.97 Å². The Morgan fingerprint density at radius 3 is 2.36 bits per heavy atom. The first kappa shape index (κ1) is 15.1. The lowest BCUT2D eigenvalue weighted by Gasteiger charge is -2.28. The normalized spacial score (nSPS) is 27.0. The fraction of sp³-hybridized carbons (Fsp3) is 0.556. The lowest BCUT2D eigenvalue weighted by molar-refractivity contribution is -0.143. The zero-order valence-electron chi connectivity index (χ0n) is 13.0. The molecule has 1 aromatic rings. The molecule has 22 heavy (non-hydrogen) atoms. The van der Waals surface area contributed by atoms with E-state index in [1.807, 2.05) is 37.3 Å². The van der Waals surface area contributed by atoms with Gasteiger partial charge in [-0.2, -0.15) is 0 Å². The van der Waals surface area contributed by atoms with Crippen LogP contribution in [0.2, 0.25) is 0 Å². The van der Waals surface area contributed by atoms with E-state index in [1.165, 1.54) is 0 Å². The van der Waals surface area contributed by atoms with Gasteiger partial charge in [-0.05, 0) is 18.4 Å². The molecule has 0 bridgehead atoms. The smallest absolute Gasteiger partial charge is 0.308 e. The number of carboxylic acids is 1. The van der Waals surface area contributed by atoms with Crippen LogP contribution in [-0.4, -0.2) is 35.0 Å². The van der Waals surface area contributed by atoms with Crippen molar-refractivity contribution in [1.82, 2.24) is 4.90 Å². The average molecular weight is 301 g/mol. The second-order valence-corrected chi connectivity index (χ2v) is 6.94. The van der Waals surface area contributed by atoms with Crippen LogP contribution in [0.5, 0.6) is 0 Å². The summed E-state index contributed by atoms with van der Waals surface area (Å²) >= 11 is 0. The average Bonchev–Trinajstić information content (AvgIpc) is 3.15. The van der Waals surface area contributed by atoms with Crippen molar-refractivity contribution >= 4 is 11.9 Å². The number of hydrogen-bond donors (Lipinski definition) is 1. The number of hydrogen-bond acceptors (Lipinski definition) is 2. The molecular weight excluding hydrogens is 278 g/mol. The van der Waals surface area contributed by atoms with Crippen LogP contribution in [0.1, 0.15) is 44.1 Å². The molecule has 2 fully saturated rings. The van der Waals surface area contributed by atoms with Gasteiger partial charge in [0.15, 0.2) is 0 Å². The zero-order valence-corrected chi connectivity index (χ0v) is 13.0. The number of amides is 1. The van der Waals surface area contributed by atoms with E-state index in [1.54, 1.807) is 4.90 Å². The van der Waals surface area contributed by atoms with E-state index in [-0.39, 0.29) is 17.2 Å². The van der Waals surface area contributed by atoms with Crippen molar-refractivity contribution in [3.8, 4) is 0 Å². The molecule has 0 spiro atoms. The fourth-order valence-corrected chi connectivity index (χ4v) is 4.01. The van der Waals surface area contributed by atoms with E-state index in [2.05, 4.69) is 0 Å². The predicted molar refractivity (Wildman–Crippen MR) is 83.5 cm³/mol. The summed E-state index contributed by atoms with van der Waals surface area (Å²) in [5, 5.41) is 9.54. The first-order valence-electron chi connectivity index (χ1n) is 8.08. The van der Waals surface area contributed by atoms with Crippen LogP contribution >= 0.6 is 0 Å². The third kappa shape index (κ3) is 2.62. The number of carbonyl (C=O) groups excluding carboxylic acids is 1. The molecule has 1 aliphatic heterocycles. The highest BCUT2D eigenvalue weighted by Gasteiger charge is 2.46. The number of benzene rings is 1. The molecule has 1 saturated carbocycles. The lowest BCUT2D eigenvalue weighted by atomic mass is 9.87. The van der Waals surface area contributed by atoms with Crippen molar-refractivity contribution in [2.45, 2.75) is 38.5 Å². The quantitative estimate of drug-likeness (QED) is 0.934. The maximum atomic E-state index is 12.8. The summed E-state index contributed by atoms with van der Waals surface area (Å²) in [5.41, 5.74) is 0.732. The molecular formula is C18H23NO3. The molecule has 1 heterocycles. The third-order valence-corrected chi connectivity index (χ3v) is 5.38. The molecule has 4 heteroatoms. The van der Waals surface area contributed by atoms with Gasteiger partial charge in [0.2, 0.25) is 5.91 Å². The molecule has 0 radical (unpaired) electrons. The first-order chi connectivity index (χ1) is 10.5. The topological polar surface area (TPSA) is 57.6 Å². The van der Waals surface area contributed by atoms with E-state index in [0.717, 1.165) is 31.2 Å². The summed E-state index contributed by atoms with van der Waals surface area (Å²) in [7, 11) is 0. The van der Waals surface area contributed by atoms with Crippen LogP contribution in [0.15, 0.2) is 30.3 Å². The number of nitrogens with zero attached hydrogens (tertiary/aromatic N) is 1. The molecule has 0 aromatic heterocycles. The monoisotopic (exact) mass is 301 g/mol. The second-order valence-electron chi connectivity index (χ2n) is 6.94. The molecule has 1 N–H and O–H groups in total. The molecule has 1 saturated heterocycles. The molecule has 1 aliphatic carbocycles. The van der Waals surface area contributed by atoms with E-state index < -0.39 is 11.9 Å². The van der Waals surface area contributed by atoms with Crippen LogP contribution in [0.3, 0.4) is 0 Å². The van der Waals surface area contributed by atoms with E-state index in [9.17, 15) is 14.7 Å². The Labute approximate surface area is 131 Å². The number of likely N-dealkylation sites (tertiary alicyclic amines) is 1. The Bertz CT molecular complexity index is 563. The number of rotatable bonds is 3. The van der Waals surface area contributed by atoms with E-state index in [4.69, 9.17) is 0 Å². The standard InChI is InChI=1S/C18H23NO3/c1-18(9-5-6-10-18)17(22)19-11-14(15(12-19)16(20)21)13-7-3-2-4-8-13/h2-4,7-8,14-15H,5-6,9-12H2,1H3,(H,20,21)/t14-,15-/m0/s1. The van der Waals surface area contributed by atoms with Crippen LogP contribution in [-0.2, 0) is 9.59 Å². The summed E-state index contributed by atoms with van der Waals surface area (Å²) in [5.74, 6) is -1.26. The van der Waals surface area contributed by atoms with Crippen LogP contribution in [0.25, 0.3) is 0 Å². The van der Waals surface area contributed by atoms with Crippen molar-refractivity contribution in [1.29, 1.82) is 0 Å². The highest BCUT2D eigenvalue weighted by molar-refractivity contribution is 5.84. The van der Waals surface area contributed by atoms with Crippen molar-refractivity contribution in [2.75, 3.05) is 13.1 Å². The molecule has 0 unspecified atom stereocenters. The highest BCUT2D eigenvalue weighted by Crippen LogP contribution is 2.42. The van der Waals surface area contributed by atoms with Crippen molar-refractivity contribution in [2.24, 2.45) is 11.3 Å². The molecule has 2 aliphatic rings. The Balaban J connectivity index is 1.82. The molecule has 2 atom stereocenters. The zero-order chi connectivity index (χ0) is 15.7. The van der Waals surface area contributed by atoms with E-state index >= 15 is 0 Å². The minimum atomic E-state index is -0.805. The minimum absolute atomic E-state index is 0.104. The Kier molecular flexibility index (Phi) is 3.94. The molecule has 3 rings (SSSR count). The van der Waals surface area contributed by atoms with Crippen LogP contribution in [0.4, 0.5) is 0 Å². The summed E-state index contributed by atoms with van der Waals surface area (Å²) in [6.07, 6.45) is 4.05. The Morgan fingerprint density at radius 2 is 1.77 bits per heavy atom. The minimum Gasteiger partial charge on any atom is -0.481 e. The third-order valence-electron chi connectivity index (χ3n) is 5.38. The summed E-state index contributed by atoms with van der Waals surface area (Å²) in [6, 6.07) is 9.71. The number of carbonyl (C=O) groups is 2. The van der Waals surface area contributed by atoms with Gasteiger partial charge in [-0.25, -0.2) is 0 Å². The maximum Gasteiger partial charge on any atom is 0.308 e. The molecule has 4 nitrogen and oxygen atoms in total. The number of carboxylic acid groups (broad SMARTS) is 1.